The Morgan fingerprint density at radius 1 is 1.33 bits per heavy atom. The molecule has 15 heavy (non-hydrogen) atoms. The van der Waals surface area contributed by atoms with Gasteiger partial charge in [0.1, 0.15) is 0 Å². The van der Waals surface area contributed by atoms with Crippen LogP contribution in [0.15, 0.2) is 24.3 Å². The molecule has 0 aliphatic carbocycles. The van der Waals surface area contributed by atoms with E-state index in [0.29, 0.717) is 18.5 Å². The van der Waals surface area contributed by atoms with Crippen LogP contribution in [0, 0.1) is 11.3 Å². The zero-order chi connectivity index (χ0) is 10.7. The maximum Gasteiger partial charge on any atom is 0.222 e. The van der Waals surface area contributed by atoms with Gasteiger partial charge < -0.3 is 4.90 Å². The predicted octanol–water partition coefficient (Wildman–Crippen LogP) is 1.68. The molecule has 1 aromatic carbocycles. The molecule has 0 radical (unpaired) electrons. The summed E-state index contributed by atoms with van der Waals surface area (Å²) in [6, 6.07) is 9.46. The first-order valence-electron chi connectivity index (χ1n) is 5.06. The minimum absolute atomic E-state index is 0.236. The van der Waals surface area contributed by atoms with Gasteiger partial charge in [0.05, 0.1) is 11.6 Å². The van der Waals surface area contributed by atoms with Crippen LogP contribution in [0.1, 0.15) is 24.0 Å². The third-order valence-corrected chi connectivity index (χ3v) is 2.63. The quantitative estimate of drug-likeness (QED) is 0.729. The van der Waals surface area contributed by atoms with Crippen molar-refractivity contribution in [2.24, 2.45) is 0 Å². The highest BCUT2D eigenvalue weighted by Crippen LogP contribution is 2.14. The van der Waals surface area contributed by atoms with Gasteiger partial charge in [0.2, 0.25) is 5.91 Å². The van der Waals surface area contributed by atoms with E-state index in [4.69, 9.17) is 5.26 Å². The normalized spacial score (nSPS) is 15.4. The van der Waals surface area contributed by atoms with Gasteiger partial charge in [0.15, 0.2) is 0 Å². The van der Waals surface area contributed by atoms with Gasteiger partial charge in [-0.25, -0.2) is 0 Å². The maximum atomic E-state index is 11.4. The molecule has 1 aliphatic heterocycles. The lowest BCUT2D eigenvalue weighted by molar-refractivity contribution is -0.128. The number of rotatable bonds is 2. The summed E-state index contributed by atoms with van der Waals surface area (Å²) in [5.41, 5.74) is 1.75. The van der Waals surface area contributed by atoms with Gasteiger partial charge in [-0.3, -0.25) is 4.79 Å². The molecule has 1 fully saturated rings. The average molecular weight is 200 g/mol. The Bertz CT molecular complexity index is 403. The number of nitrogens with zero attached hydrogens (tertiary/aromatic N) is 2. The fourth-order valence-corrected chi connectivity index (χ4v) is 1.78. The molecule has 1 aromatic rings. The molecule has 0 saturated carbocycles. The van der Waals surface area contributed by atoms with Gasteiger partial charge in [0.25, 0.3) is 0 Å². The predicted molar refractivity (Wildman–Crippen MR) is 55.8 cm³/mol. The van der Waals surface area contributed by atoms with Crippen molar-refractivity contribution in [2.45, 2.75) is 19.4 Å². The molecule has 3 nitrogen and oxygen atoms in total. The largest absolute Gasteiger partial charge is 0.338 e. The Labute approximate surface area is 88.9 Å². The van der Waals surface area contributed by atoms with Crippen molar-refractivity contribution in [3.05, 3.63) is 35.4 Å². The zero-order valence-electron chi connectivity index (χ0n) is 8.44. The summed E-state index contributed by atoms with van der Waals surface area (Å²) in [4.78, 5) is 13.2. The van der Waals surface area contributed by atoms with Gasteiger partial charge in [-0.15, -0.1) is 0 Å². The Morgan fingerprint density at radius 2 is 2.07 bits per heavy atom. The minimum atomic E-state index is 0.236. The molecule has 1 aliphatic rings. The van der Waals surface area contributed by atoms with Crippen molar-refractivity contribution in [3.8, 4) is 6.07 Å². The fraction of sp³-hybridized carbons (Fsp3) is 0.333. The van der Waals surface area contributed by atoms with Crippen LogP contribution in [0.5, 0.6) is 0 Å². The molecule has 1 saturated heterocycles. The summed E-state index contributed by atoms with van der Waals surface area (Å²) in [5.74, 6) is 0.236. The highest BCUT2D eigenvalue weighted by molar-refractivity contribution is 5.78. The SMILES string of the molecule is N#Cc1ccc(CN2CCCC2=O)cc1. The maximum absolute atomic E-state index is 11.4. The molecule has 0 spiro atoms. The number of nitriles is 1. The number of likely N-dealkylation sites (tertiary alicyclic amines) is 1. The lowest BCUT2D eigenvalue weighted by Crippen LogP contribution is -2.23. The summed E-state index contributed by atoms with van der Waals surface area (Å²) in [6.45, 7) is 1.53. The van der Waals surface area contributed by atoms with Crippen LogP contribution in [0.2, 0.25) is 0 Å². The van der Waals surface area contributed by atoms with E-state index in [0.717, 1.165) is 18.5 Å². The Balaban J connectivity index is 2.05. The lowest BCUT2D eigenvalue weighted by Gasteiger charge is -2.15. The van der Waals surface area contributed by atoms with Gasteiger partial charge in [0, 0.05) is 19.5 Å². The first-order valence-corrected chi connectivity index (χ1v) is 5.06. The Morgan fingerprint density at radius 3 is 2.60 bits per heavy atom. The molecule has 0 atom stereocenters. The molecule has 0 bridgehead atoms. The first-order chi connectivity index (χ1) is 7.29. The number of amides is 1. The van der Waals surface area contributed by atoms with Gasteiger partial charge in [-0.1, -0.05) is 12.1 Å². The molecule has 0 unspecified atom stereocenters. The second kappa shape index (κ2) is 4.14. The fourth-order valence-electron chi connectivity index (χ4n) is 1.78. The van der Waals surface area contributed by atoms with Crippen LogP contribution in [0.3, 0.4) is 0 Å². The molecule has 76 valence electrons. The van der Waals surface area contributed by atoms with Gasteiger partial charge in [-0.2, -0.15) is 5.26 Å². The Kier molecular flexibility index (Phi) is 2.68. The number of hydrogen-bond donors (Lipinski definition) is 0. The van der Waals surface area contributed by atoms with Crippen molar-refractivity contribution in [1.29, 1.82) is 5.26 Å². The van der Waals surface area contributed by atoms with E-state index in [1.165, 1.54) is 0 Å². The van der Waals surface area contributed by atoms with Crippen LogP contribution >= 0.6 is 0 Å². The van der Waals surface area contributed by atoms with Gasteiger partial charge >= 0.3 is 0 Å². The standard InChI is InChI=1S/C12H12N2O/c13-8-10-3-5-11(6-4-10)9-14-7-1-2-12(14)15/h3-6H,1-2,7,9H2. The summed E-state index contributed by atoms with van der Waals surface area (Å²) < 4.78 is 0. The molecular weight excluding hydrogens is 188 g/mol. The second-order valence-corrected chi connectivity index (χ2v) is 3.73. The second-order valence-electron chi connectivity index (χ2n) is 3.73. The topological polar surface area (TPSA) is 44.1 Å². The number of hydrogen-bond acceptors (Lipinski definition) is 2. The number of carbonyl (C=O) groups excluding carboxylic acids is 1. The molecule has 3 heteroatoms. The first kappa shape index (κ1) is 9.72. The third kappa shape index (κ3) is 2.16. The van der Waals surface area contributed by atoms with Crippen molar-refractivity contribution >= 4 is 5.91 Å². The molecule has 0 aromatic heterocycles. The zero-order valence-corrected chi connectivity index (χ0v) is 8.44. The van der Waals surface area contributed by atoms with E-state index in [1.54, 1.807) is 12.1 Å². The van der Waals surface area contributed by atoms with E-state index >= 15 is 0 Å². The highest BCUT2D eigenvalue weighted by Gasteiger charge is 2.19. The monoisotopic (exact) mass is 200 g/mol. The summed E-state index contributed by atoms with van der Waals surface area (Å²) in [7, 11) is 0. The van der Waals surface area contributed by atoms with E-state index in [-0.39, 0.29) is 5.91 Å². The average Bonchev–Trinajstić information content (AvgIpc) is 2.66. The number of benzene rings is 1. The highest BCUT2D eigenvalue weighted by atomic mass is 16.2. The van der Waals surface area contributed by atoms with Gasteiger partial charge in [-0.05, 0) is 24.1 Å². The van der Waals surface area contributed by atoms with Crippen molar-refractivity contribution in [3.63, 3.8) is 0 Å². The minimum Gasteiger partial charge on any atom is -0.338 e. The van der Waals surface area contributed by atoms with Crippen molar-refractivity contribution < 1.29 is 4.79 Å². The lowest BCUT2D eigenvalue weighted by atomic mass is 10.1. The molecule has 2 rings (SSSR count). The summed E-state index contributed by atoms with van der Waals surface area (Å²) in [6.07, 6.45) is 1.64. The van der Waals surface area contributed by atoms with Crippen LogP contribution in [0.25, 0.3) is 0 Å². The molecular formula is C12H12N2O. The van der Waals surface area contributed by atoms with Crippen LogP contribution in [0.4, 0.5) is 0 Å². The van der Waals surface area contributed by atoms with E-state index in [2.05, 4.69) is 6.07 Å². The van der Waals surface area contributed by atoms with Crippen molar-refractivity contribution in [2.75, 3.05) is 6.54 Å². The van der Waals surface area contributed by atoms with Crippen molar-refractivity contribution in [1.82, 2.24) is 4.90 Å². The van der Waals surface area contributed by atoms with E-state index in [9.17, 15) is 4.79 Å². The molecule has 1 heterocycles. The molecule has 0 N–H and O–H groups in total. The van der Waals surface area contributed by atoms with Crippen LogP contribution in [-0.2, 0) is 11.3 Å². The van der Waals surface area contributed by atoms with E-state index < -0.39 is 0 Å². The molecule has 1 amide bonds. The summed E-state index contributed by atoms with van der Waals surface area (Å²) >= 11 is 0. The van der Waals surface area contributed by atoms with Crippen LogP contribution < -0.4 is 0 Å². The van der Waals surface area contributed by atoms with E-state index in [1.807, 2.05) is 17.0 Å². The Hall–Kier alpha value is -1.82. The summed E-state index contributed by atoms with van der Waals surface area (Å²) in [5, 5.41) is 8.64. The smallest absolute Gasteiger partial charge is 0.222 e. The third-order valence-electron chi connectivity index (χ3n) is 2.63. The number of carbonyl (C=O) groups is 1. The van der Waals surface area contributed by atoms with Crippen LogP contribution in [-0.4, -0.2) is 17.4 Å².